The lowest BCUT2D eigenvalue weighted by atomic mass is 10.0. The van der Waals surface area contributed by atoms with Crippen molar-refractivity contribution in [1.82, 2.24) is 15.2 Å². The highest BCUT2D eigenvalue weighted by molar-refractivity contribution is 5.82. The van der Waals surface area contributed by atoms with Crippen molar-refractivity contribution in [1.29, 1.82) is 0 Å². The van der Waals surface area contributed by atoms with Gasteiger partial charge >= 0.3 is 6.18 Å². The molecule has 8 heteroatoms. The molecule has 152 valence electrons. The zero-order chi connectivity index (χ0) is 20.7. The van der Waals surface area contributed by atoms with Crippen LogP contribution in [0.5, 0.6) is 5.75 Å². The Balaban J connectivity index is 1.97. The summed E-state index contributed by atoms with van der Waals surface area (Å²) in [4.78, 5) is 18.7. The van der Waals surface area contributed by atoms with Crippen LogP contribution in [0, 0.1) is 0 Å². The summed E-state index contributed by atoms with van der Waals surface area (Å²) in [6.45, 7) is 0.399. The largest absolute Gasteiger partial charge is 0.483 e. The van der Waals surface area contributed by atoms with E-state index in [1.807, 2.05) is 49.3 Å². The van der Waals surface area contributed by atoms with Crippen molar-refractivity contribution in [2.45, 2.75) is 31.6 Å². The zero-order valence-corrected chi connectivity index (χ0v) is 16.0. The molecule has 0 saturated heterocycles. The number of carbonyl (C=O) groups excluding carboxylic acids is 1. The quantitative estimate of drug-likeness (QED) is 0.745. The maximum atomic E-state index is 12.7. The lowest BCUT2D eigenvalue weighted by molar-refractivity contribution is -0.153. The lowest BCUT2D eigenvalue weighted by Gasteiger charge is -2.25. The topological polar surface area (TPSA) is 54.5 Å². The molecule has 0 aliphatic carbocycles. The maximum absolute atomic E-state index is 12.7. The van der Waals surface area contributed by atoms with E-state index < -0.39 is 18.8 Å². The molecular weight excluding hydrogens is 371 g/mol. The smallest absolute Gasteiger partial charge is 0.422 e. The van der Waals surface area contributed by atoms with Crippen LogP contribution in [0.2, 0.25) is 0 Å². The number of hydrogen-bond donors (Lipinski definition) is 1. The third kappa shape index (κ3) is 6.84. The van der Waals surface area contributed by atoms with Gasteiger partial charge in [-0.2, -0.15) is 13.2 Å². The summed E-state index contributed by atoms with van der Waals surface area (Å²) in [7, 11) is 3.67. The average Bonchev–Trinajstić information content (AvgIpc) is 2.64. The number of ether oxygens (including phenoxy) is 1. The predicted molar refractivity (Wildman–Crippen MR) is 100.0 cm³/mol. The molecule has 1 N–H and O–H groups in total. The van der Waals surface area contributed by atoms with Crippen LogP contribution < -0.4 is 10.1 Å². The standard InChI is InChI=1S/C20H24F3N3O2/c1-14(17-10-9-16(12-24-17)28-13-20(21,22)23)25-19(27)18(26(2)3)11-15-7-5-4-6-8-15/h4-10,12,14,18H,11,13H2,1-3H3,(H,25,27)/t14-,18+/m1/s1. The van der Waals surface area contributed by atoms with E-state index in [9.17, 15) is 18.0 Å². The first-order chi connectivity index (χ1) is 13.2. The van der Waals surface area contributed by atoms with Gasteiger partial charge in [0.25, 0.3) is 0 Å². The Hall–Kier alpha value is -2.61. The lowest BCUT2D eigenvalue weighted by Crippen LogP contribution is -2.45. The molecule has 0 aliphatic rings. The van der Waals surface area contributed by atoms with E-state index in [2.05, 4.69) is 15.0 Å². The molecule has 0 fully saturated rings. The monoisotopic (exact) mass is 395 g/mol. The number of nitrogens with zero attached hydrogens (tertiary/aromatic N) is 2. The Morgan fingerprint density at radius 2 is 1.86 bits per heavy atom. The van der Waals surface area contributed by atoms with Crippen LogP contribution in [0.1, 0.15) is 24.2 Å². The van der Waals surface area contributed by atoms with E-state index in [1.165, 1.54) is 12.3 Å². The van der Waals surface area contributed by atoms with Crippen LogP contribution in [0.15, 0.2) is 48.7 Å². The molecule has 0 radical (unpaired) electrons. The number of aromatic nitrogens is 1. The fourth-order valence-electron chi connectivity index (χ4n) is 2.63. The van der Waals surface area contributed by atoms with E-state index in [0.717, 1.165) is 5.56 Å². The van der Waals surface area contributed by atoms with Crippen LogP contribution in [0.3, 0.4) is 0 Å². The van der Waals surface area contributed by atoms with Crippen molar-refractivity contribution in [2.24, 2.45) is 0 Å². The first kappa shape index (κ1) is 21.7. The molecule has 28 heavy (non-hydrogen) atoms. The zero-order valence-electron chi connectivity index (χ0n) is 16.0. The van der Waals surface area contributed by atoms with Gasteiger partial charge in [-0.1, -0.05) is 30.3 Å². The maximum Gasteiger partial charge on any atom is 0.422 e. The van der Waals surface area contributed by atoms with Gasteiger partial charge in [-0.3, -0.25) is 14.7 Å². The summed E-state index contributed by atoms with van der Waals surface area (Å²) in [5.41, 5.74) is 1.58. The molecule has 2 rings (SSSR count). The second-order valence-corrected chi connectivity index (χ2v) is 6.72. The van der Waals surface area contributed by atoms with Crippen molar-refractivity contribution in [3.8, 4) is 5.75 Å². The van der Waals surface area contributed by atoms with Crippen molar-refractivity contribution in [2.75, 3.05) is 20.7 Å². The average molecular weight is 395 g/mol. The van der Waals surface area contributed by atoms with Crippen LogP contribution in [-0.4, -0.2) is 48.7 Å². The first-order valence-corrected chi connectivity index (χ1v) is 8.82. The molecular formula is C20H24F3N3O2. The molecule has 0 unspecified atom stereocenters. The number of carbonyl (C=O) groups is 1. The second kappa shape index (κ2) is 9.54. The van der Waals surface area contributed by atoms with Gasteiger partial charge in [-0.15, -0.1) is 0 Å². The van der Waals surface area contributed by atoms with E-state index in [-0.39, 0.29) is 17.7 Å². The highest BCUT2D eigenvalue weighted by Gasteiger charge is 2.28. The Morgan fingerprint density at radius 3 is 2.39 bits per heavy atom. The first-order valence-electron chi connectivity index (χ1n) is 8.82. The third-order valence-corrected chi connectivity index (χ3v) is 4.16. The van der Waals surface area contributed by atoms with Crippen LogP contribution in [-0.2, 0) is 11.2 Å². The summed E-state index contributed by atoms with van der Waals surface area (Å²) in [6.07, 6.45) is -2.62. The van der Waals surface area contributed by atoms with Gasteiger partial charge in [0.15, 0.2) is 6.61 Å². The van der Waals surface area contributed by atoms with Crippen molar-refractivity contribution in [3.05, 3.63) is 59.9 Å². The number of amides is 1. The van der Waals surface area contributed by atoms with Gasteiger partial charge in [0.1, 0.15) is 5.75 Å². The normalized spacial score (nSPS) is 13.8. The molecule has 2 aromatic rings. The highest BCUT2D eigenvalue weighted by atomic mass is 19.4. The van der Waals surface area contributed by atoms with Crippen LogP contribution >= 0.6 is 0 Å². The van der Waals surface area contributed by atoms with E-state index in [0.29, 0.717) is 12.1 Å². The molecule has 1 aromatic heterocycles. The SMILES string of the molecule is C[C@@H](NC(=O)[C@H](Cc1ccccc1)N(C)C)c1ccc(OCC(F)(F)F)cn1. The van der Waals surface area contributed by atoms with Gasteiger partial charge in [0.2, 0.25) is 5.91 Å². The van der Waals surface area contributed by atoms with E-state index in [1.54, 1.807) is 13.0 Å². The minimum Gasteiger partial charge on any atom is -0.483 e. The third-order valence-electron chi connectivity index (χ3n) is 4.16. The number of pyridine rings is 1. The Labute approximate surface area is 162 Å². The number of likely N-dealkylation sites (N-methyl/N-ethyl adjacent to an activating group) is 1. The summed E-state index contributed by atoms with van der Waals surface area (Å²) in [5.74, 6) is -0.129. The van der Waals surface area contributed by atoms with Gasteiger partial charge in [-0.05, 0) is 45.1 Å². The number of rotatable bonds is 8. The number of alkyl halides is 3. The molecule has 1 aromatic carbocycles. The summed E-state index contributed by atoms with van der Waals surface area (Å²) < 4.78 is 41.2. The van der Waals surface area contributed by atoms with Crippen molar-refractivity contribution in [3.63, 3.8) is 0 Å². The molecule has 0 aliphatic heterocycles. The van der Waals surface area contributed by atoms with Crippen molar-refractivity contribution < 1.29 is 22.7 Å². The van der Waals surface area contributed by atoms with Crippen LogP contribution in [0.25, 0.3) is 0 Å². The molecule has 0 bridgehead atoms. The van der Waals surface area contributed by atoms with Crippen LogP contribution in [0.4, 0.5) is 13.2 Å². The molecule has 2 atom stereocenters. The Kier molecular flexibility index (Phi) is 7.39. The van der Waals surface area contributed by atoms with Gasteiger partial charge < -0.3 is 10.1 Å². The molecule has 1 heterocycles. The van der Waals surface area contributed by atoms with Gasteiger partial charge in [0, 0.05) is 0 Å². The molecule has 0 saturated carbocycles. The fraction of sp³-hybridized carbons (Fsp3) is 0.400. The fourth-order valence-corrected chi connectivity index (χ4v) is 2.63. The number of nitrogens with one attached hydrogen (secondary N) is 1. The number of benzene rings is 1. The Morgan fingerprint density at radius 1 is 1.18 bits per heavy atom. The summed E-state index contributed by atoms with van der Waals surface area (Å²) in [5, 5.41) is 2.91. The molecule has 0 spiro atoms. The highest BCUT2D eigenvalue weighted by Crippen LogP contribution is 2.19. The summed E-state index contributed by atoms with van der Waals surface area (Å²) >= 11 is 0. The second-order valence-electron chi connectivity index (χ2n) is 6.72. The minimum atomic E-state index is -4.40. The Bertz CT molecular complexity index is 750. The molecule has 5 nitrogen and oxygen atoms in total. The minimum absolute atomic E-state index is 0.0230. The number of hydrogen-bond acceptors (Lipinski definition) is 4. The van der Waals surface area contributed by atoms with E-state index in [4.69, 9.17) is 0 Å². The van der Waals surface area contributed by atoms with Crippen molar-refractivity contribution >= 4 is 5.91 Å². The molecule has 1 amide bonds. The van der Waals surface area contributed by atoms with Gasteiger partial charge in [-0.25, -0.2) is 0 Å². The number of halogens is 3. The van der Waals surface area contributed by atoms with E-state index >= 15 is 0 Å². The summed E-state index contributed by atoms with van der Waals surface area (Å²) in [6, 6.07) is 11.9. The van der Waals surface area contributed by atoms with Gasteiger partial charge in [0.05, 0.1) is 24.0 Å². The predicted octanol–water partition coefficient (Wildman–Crippen LogP) is 3.37.